The van der Waals surface area contributed by atoms with Gasteiger partial charge in [0.25, 0.3) is 11.7 Å². The number of thioether (sulfide) groups is 2. The summed E-state index contributed by atoms with van der Waals surface area (Å²) in [6.07, 6.45) is 6.24. The maximum Gasteiger partial charge on any atom is 0.410 e. The van der Waals surface area contributed by atoms with Crippen molar-refractivity contribution in [1.29, 1.82) is 0 Å². The number of aromatic amines is 2. The Morgan fingerprint density at radius 1 is 0.855 bits per heavy atom. The first-order valence-corrected chi connectivity index (χ1v) is 22.6. The van der Waals surface area contributed by atoms with Crippen LogP contribution in [0.5, 0.6) is 11.5 Å². The number of H-pyrrole nitrogens is 2. The second-order valence-corrected chi connectivity index (χ2v) is 18.9. The molecule has 4 aromatic heterocycles. The van der Waals surface area contributed by atoms with Crippen molar-refractivity contribution in [3.8, 4) is 32.6 Å². The molecule has 21 heteroatoms. The Morgan fingerprint density at radius 2 is 1.36 bits per heavy atom. The Kier molecular flexibility index (Phi) is 11.5. The zero-order valence-electron chi connectivity index (χ0n) is 30.4. The minimum atomic E-state index is -1.08. The van der Waals surface area contributed by atoms with Crippen LogP contribution in [0.1, 0.15) is 22.4 Å². The second-order valence-electron chi connectivity index (χ2n) is 12.3. The highest BCUT2D eigenvalue weighted by molar-refractivity contribution is 8.00. The Labute approximate surface area is 332 Å². The number of nitrogens with zero attached hydrogens (tertiary/aromatic N) is 4. The molecule has 4 amide bonds. The number of nitrogens with one attached hydrogen (secondary N) is 4. The third kappa shape index (κ3) is 7.45. The molecule has 5 aromatic rings. The van der Waals surface area contributed by atoms with E-state index in [4.69, 9.17) is 19.2 Å². The van der Waals surface area contributed by atoms with Gasteiger partial charge in [0.05, 0.1) is 84.3 Å². The zero-order valence-corrected chi connectivity index (χ0v) is 34.6. The lowest BCUT2D eigenvalue weighted by atomic mass is 10.1. The average Bonchev–Trinajstić information content (AvgIpc) is 4.03. The van der Waals surface area contributed by atoms with Gasteiger partial charge in [-0.25, -0.2) is 19.6 Å². The van der Waals surface area contributed by atoms with E-state index in [0.29, 0.717) is 36.2 Å². The number of hydrogen-bond acceptors (Lipinski definition) is 14. The smallest absolute Gasteiger partial charge is 0.410 e. The van der Waals surface area contributed by atoms with Crippen LogP contribution in [0.4, 0.5) is 9.59 Å². The summed E-state index contributed by atoms with van der Waals surface area (Å²) in [6, 6.07) is 4.11. The molecule has 0 radical (unpaired) electrons. The first kappa shape index (κ1) is 38.8. The Balaban J connectivity index is 1.16. The molecule has 6 heterocycles. The van der Waals surface area contributed by atoms with Gasteiger partial charge in [-0.1, -0.05) is 0 Å². The number of ether oxygens (including phenoxy) is 4. The predicted octanol–water partition coefficient (Wildman–Crippen LogP) is 5.64. The number of amides is 4. The SMILES string of the molecule is C=[P+](C)C(NC(=O)OC)C(=O)N1CCSC1c1ncc(-c2cc3c(OC)c4sc(-c5cnc(C6SCCN6C(=O)CNC(=O)OC)[nH]5)cc4c(OC)c3s2)[nH]1. The third-order valence-electron chi connectivity index (χ3n) is 9.03. The van der Waals surface area contributed by atoms with Crippen molar-refractivity contribution in [2.75, 3.05) is 66.2 Å². The molecule has 0 spiro atoms. The van der Waals surface area contributed by atoms with E-state index in [-0.39, 0.29) is 29.1 Å². The summed E-state index contributed by atoms with van der Waals surface area (Å²) in [7, 11) is 4.74. The van der Waals surface area contributed by atoms with Crippen molar-refractivity contribution >= 4 is 104 Å². The highest BCUT2D eigenvalue weighted by Crippen LogP contribution is 2.52. The molecule has 4 atom stereocenters. The van der Waals surface area contributed by atoms with Crippen LogP contribution in [0.2, 0.25) is 0 Å². The van der Waals surface area contributed by atoms with Gasteiger partial charge in [0.1, 0.15) is 48.0 Å². The number of alkyl carbamates (subject to hydrolysis) is 2. The normalized spacial score (nSPS) is 17.7. The lowest BCUT2D eigenvalue weighted by Crippen LogP contribution is -2.46. The Bertz CT molecular complexity index is 2250. The average molecular weight is 846 g/mol. The number of aromatic nitrogens is 4. The van der Waals surface area contributed by atoms with Crippen molar-refractivity contribution in [3.63, 3.8) is 0 Å². The van der Waals surface area contributed by atoms with Crippen LogP contribution in [0.25, 0.3) is 41.3 Å². The quantitative estimate of drug-likeness (QED) is 0.120. The predicted molar refractivity (Wildman–Crippen MR) is 219 cm³/mol. The first-order chi connectivity index (χ1) is 26.6. The minimum Gasteiger partial charge on any atom is -0.495 e. The molecule has 0 saturated carbocycles. The maximum absolute atomic E-state index is 13.6. The van der Waals surface area contributed by atoms with Gasteiger partial charge in [-0.3, -0.25) is 14.9 Å². The molecule has 2 fully saturated rings. The molecule has 2 aliphatic heterocycles. The van der Waals surface area contributed by atoms with Crippen molar-refractivity contribution in [3.05, 3.63) is 36.2 Å². The molecule has 1 aromatic carbocycles. The van der Waals surface area contributed by atoms with Crippen LogP contribution in [-0.4, -0.2) is 132 Å². The number of rotatable bonds is 11. The number of benzene rings is 1. The van der Waals surface area contributed by atoms with E-state index < -0.39 is 25.5 Å². The molecule has 16 nitrogen and oxygen atoms in total. The van der Waals surface area contributed by atoms with Gasteiger partial charge >= 0.3 is 12.2 Å². The van der Waals surface area contributed by atoms with Gasteiger partial charge in [-0.15, -0.1) is 46.2 Å². The highest BCUT2D eigenvalue weighted by Gasteiger charge is 2.41. The van der Waals surface area contributed by atoms with E-state index >= 15 is 0 Å². The maximum atomic E-state index is 13.6. The van der Waals surface area contributed by atoms with Gasteiger partial charge in [-0.2, -0.15) is 0 Å². The van der Waals surface area contributed by atoms with E-state index in [2.05, 4.69) is 48.8 Å². The van der Waals surface area contributed by atoms with E-state index in [9.17, 15) is 19.2 Å². The fourth-order valence-electron chi connectivity index (χ4n) is 6.43. The summed E-state index contributed by atoms with van der Waals surface area (Å²) < 4.78 is 23.3. The van der Waals surface area contributed by atoms with Gasteiger partial charge in [0, 0.05) is 35.4 Å². The number of fused-ring (bicyclic) bond motifs is 2. The monoisotopic (exact) mass is 845 g/mol. The van der Waals surface area contributed by atoms with Crippen molar-refractivity contribution in [1.82, 2.24) is 40.4 Å². The summed E-state index contributed by atoms with van der Waals surface area (Å²) in [5.41, 5.74) is 1.57. The second kappa shape index (κ2) is 16.3. The van der Waals surface area contributed by atoms with Crippen LogP contribution in [0, 0.1) is 0 Å². The van der Waals surface area contributed by atoms with Crippen LogP contribution >= 0.6 is 53.7 Å². The molecule has 0 aliphatic carbocycles. The van der Waals surface area contributed by atoms with Crippen molar-refractivity contribution in [2.24, 2.45) is 0 Å². The molecule has 55 heavy (non-hydrogen) atoms. The minimum absolute atomic E-state index is 0.165. The standard InChI is InChI=1S/C34H37N8O8PS4/c1-47-23-16-11-20(18-13-35-27(38-18)31-41(7-9-52-31)22(43)15-37-33(45)49-3)54-25(16)24(48-2)17-12-21(55-26(17)23)19-14-36-28(39-19)32-42(8-10-53-32)30(44)29(51(5)6)40-34(46)50-4/h11-14,29,31-32H,5,7-10,15H2,1-4,6H3,(H3-,35,36,37,38,39,40,45,46)/p+1. The van der Waals surface area contributed by atoms with Gasteiger partial charge < -0.3 is 44.0 Å². The van der Waals surface area contributed by atoms with Gasteiger partial charge in [0.2, 0.25) is 5.91 Å². The Morgan fingerprint density at radius 3 is 1.85 bits per heavy atom. The fraction of sp³-hybridized carbons (Fsp3) is 0.382. The summed E-state index contributed by atoms with van der Waals surface area (Å²) in [4.78, 5) is 71.5. The van der Waals surface area contributed by atoms with E-state index in [1.165, 1.54) is 14.2 Å². The molecule has 2 aliphatic rings. The number of methoxy groups -OCH3 is 4. The number of carbonyl (C=O) groups is 4. The lowest BCUT2D eigenvalue weighted by Gasteiger charge is -2.24. The van der Waals surface area contributed by atoms with Crippen molar-refractivity contribution < 1.29 is 38.1 Å². The largest absolute Gasteiger partial charge is 0.495 e. The number of thiophene rings is 2. The van der Waals surface area contributed by atoms with E-state index in [0.717, 1.165) is 52.8 Å². The number of carbonyl (C=O) groups excluding carboxylic acids is 4. The first-order valence-electron chi connectivity index (χ1n) is 16.8. The summed E-state index contributed by atoms with van der Waals surface area (Å²) in [5.74, 6) is 2.94. The van der Waals surface area contributed by atoms with E-state index in [1.54, 1.807) is 82.6 Å². The molecule has 4 N–H and O–H groups in total. The molecular formula is C34H38N8O8PS4+. The molecular weight excluding hydrogens is 808 g/mol. The fourth-order valence-corrected chi connectivity index (χ4v) is 12.0. The van der Waals surface area contributed by atoms with E-state index in [1.807, 2.05) is 6.66 Å². The molecule has 4 unspecified atom stereocenters. The lowest BCUT2D eigenvalue weighted by molar-refractivity contribution is -0.131. The van der Waals surface area contributed by atoms with Gasteiger partial charge in [0.15, 0.2) is 0 Å². The molecule has 2 saturated heterocycles. The third-order valence-corrected chi connectivity index (χ3v) is 15.0. The molecule has 0 bridgehead atoms. The summed E-state index contributed by atoms with van der Waals surface area (Å²) in [5, 5.41) is 6.20. The summed E-state index contributed by atoms with van der Waals surface area (Å²) in [6.45, 7) is 2.72. The zero-order chi connectivity index (χ0) is 39.0. The molecule has 290 valence electrons. The van der Waals surface area contributed by atoms with Crippen LogP contribution < -0.4 is 20.1 Å². The van der Waals surface area contributed by atoms with Crippen LogP contribution in [0.3, 0.4) is 0 Å². The highest BCUT2D eigenvalue weighted by atomic mass is 32.2. The topological polar surface area (TPSA) is 193 Å². The van der Waals surface area contributed by atoms with Crippen LogP contribution in [0.15, 0.2) is 24.5 Å². The molecule has 7 rings (SSSR count). The number of imidazole rings is 2. The van der Waals surface area contributed by atoms with Crippen LogP contribution in [-0.2, 0) is 19.1 Å². The van der Waals surface area contributed by atoms with Gasteiger partial charge in [-0.05, 0) is 12.1 Å². The summed E-state index contributed by atoms with van der Waals surface area (Å²) >= 11 is 6.29. The Hall–Kier alpha value is -4.49. The number of hydrogen-bond donors (Lipinski definition) is 4. The van der Waals surface area contributed by atoms with Crippen molar-refractivity contribution in [2.45, 2.75) is 16.5 Å².